The zero-order valence-electron chi connectivity index (χ0n) is 18.4. The SMILES string of the molecule is COC(=O)Oc1c(SCC(=O)Nc2ccc(C(C)C)cc2)cc(O)cc1-c1ccc(Br)cc1. The first-order chi connectivity index (χ1) is 15.8. The van der Waals surface area contributed by atoms with Gasteiger partial charge in [-0.1, -0.05) is 54.0 Å². The second-order valence-electron chi connectivity index (χ2n) is 7.50. The summed E-state index contributed by atoms with van der Waals surface area (Å²) in [6.45, 7) is 4.21. The number of nitrogens with one attached hydrogen (secondary N) is 1. The first-order valence-electron chi connectivity index (χ1n) is 10.2. The van der Waals surface area contributed by atoms with Crippen molar-refractivity contribution in [3.8, 4) is 22.6 Å². The highest BCUT2D eigenvalue weighted by molar-refractivity contribution is 9.10. The molecule has 0 radical (unpaired) electrons. The van der Waals surface area contributed by atoms with Gasteiger partial charge in [0.05, 0.1) is 17.8 Å². The van der Waals surface area contributed by atoms with Crippen molar-refractivity contribution in [1.82, 2.24) is 0 Å². The number of anilines is 1. The standard InChI is InChI=1S/C25H24BrNO5S/c1-15(2)16-6-10-19(11-7-16)27-23(29)14-33-22-13-20(28)12-21(24(22)32-25(30)31-3)17-4-8-18(26)9-5-17/h4-13,15,28H,14H2,1-3H3,(H,27,29). The lowest BCUT2D eigenvalue weighted by atomic mass is 10.0. The number of carbonyl (C=O) groups is 2. The van der Waals surface area contributed by atoms with Gasteiger partial charge in [-0.2, -0.15) is 0 Å². The highest BCUT2D eigenvalue weighted by Gasteiger charge is 2.19. The molecule has 3 aromatic rings. The molecule has 3 aromatic carbocycles. The summed E-state index contributed by atoms with van der Waals surface area (Å²) in [5.74, 6) is 0.421. The van der Waals surface area contributed by atoms with E-state index in [2.05, 4.69) is 39.8 Å². The first kappa shape index (κ1) is 24.7. The van der Waals surface area contributed by atoms with E-state index in [1.54, 1.807) is 0 Å². The molecule has 3 rings (SSSR count). The zero-order chi connectivity index (χ0) is 24.0. The Labute approximate surface area is 205 Å². The second kappa shape index (κ2) is 11.2. The fraction of sp³-hybridized carbons (Fsp3) is 0.200. The number of benzene rings is 3. The highest BCUT2D eigenvalue weighted by Crippen LogP contribution is 2.42. The molecule has 0 heterocycles. The van der Waals surface area contributed by atoms with Crippen LogP contribution in [-0.4, -0.2) is 30.0 Å². The van der Waals surface area contributed by atoms with Crippen LogP contribution in [0.5, 0.6) is 11.5 Å². The predicted octanol–water partition coefficient (Wildman–Crippen LogP) is 6.82. The third-order valence-electron chi connectivity index (χ3n) is 4.77. The maximum atomic E-state index is 12.5. The minimum Gasteiger partial charge on any atom is -0.508 e. The van der Waals surface area contributed by atoms with Gasteiger partial charge in [0, 0.05) is 15.7 Å². The van der Waals surface area contributed by atoms with Crippen molar-refractivity contribution < 1.29 is 24.2 Å². The van der Waals surface area contributed by atoms with Gasteiger partial charge in [-0.15, -0.1) is 11.8 Å². The molecule has 172 valence electrons. The molecule has 8 heteroatoms. The van der Waals surface area contributed by atoms with E-state index in [0.717, 1.165) is 21.8 Å². The van der Waals surface area contributed by atoms with Crippen LogP contribution in [0.15, 0.2) is 70.0 Å². The largest absolute Gasteiger partial charge is 0.513 e. The van der Waals surface area contributed by atoms with Crippen LogP contribution in [0.4, 0.5) is 10.5 Å². The molecule has 0 saturated heterocycles. The Hall–Kier alpha value is -2.97. The minimum absolute atomic E-state index is 0.0164. The molecule has 0 spiro atoms. The Kier molecular flexibility index (Phi) is 8.41. The number of hydrogen-bond acceptors (Lipinski definition) is 6. The van der Waals surface area contributed by atoms with Crippen molar-refractivity contribution in [1.29, 1.82) is 0 Å². The molecule has 33 heavy (non-hydrogen) atoms. The zero-order valence-corrected chi connectivity index (χ0v) is 20.8. The summed E-state index contributed by atoms with van der Waals surface area (Å²) in [7, 11) is 1.22. The number of thioether (sulfide) groups is 1. The number of methoxy groups -OCH3 is 1. The number of carbonyl (C=O) groups excluding carboxylic acids is 2. The van der Waals surface area contributed by atoms with Gasteiger partial charge >= 0.3 is 6.16 Å². The average Bonchev–Trinajstić information content (AvgIpc) is 2.79. The number of phenolic OH excluding ortho intramolecular Hbond substituents is 1. The van der Waals surface area contributed by atoms with Gasteiger partial charge < -0.3 is 19.9 Å². The smallest absolute Gasteiger partial charge is 0.508 e. The topological polar surface area (TPSA) is 84.9 Å². The van der Waals surface area contributed by atoms with Crippen molar-refractivity contribution in [3.05, 3.63) is 70.7 Å². The van der Waals surface area contributed by atoms with E-state index in [-0.39, 0.29) is 23.2 Å². The average molecular weight is 530 g/mol. The molecule has 1 amide bonds. The first-order valence-corrected chi connectivity index (χ1v) is 12.0. The Morgan fingerprint density at radius 2 is 1.73 bits per heavy atom. The summed E-state index contributed by atoms with van der Waals surface area (Å²) in [5.41, 5.74) is 3.11. The molecule has 2 N–H and O–H groups in total. The summed E-state index contributed by atoms with van der Waals surface area (Å²) in [4.78, 5) is 24.9. The van der Waals surface area contributed by atoms with Gasteiger partial charge in [0.15, 0.2) is 5.75 Å². The summed E-state index contributed by atoms with van der Waals surface area (Å²) in [6, 6.07) is 18.0. The third-order valence-corrected chi connectivity index (χ3v) is 6.32. The van der Waals surface area contributed by atoms with E-state index in [1.165, 1.54) is 24.8 Å². The molecule has 0 atom stereocenters. The normalized spacial score (nSPS) is 10.7. The number of halogens is 1. The highest BCUT2D eigenvalue weighted by atomic mass is 79.9. The lowest BCUT2D eigenvalue weighted by molar-refractivity contribution is -0.113. The minimum atomic E-state index is -0.893. The van der Waals surface area contributed by atoms with Crippen molar-refractivity contribution in [3.63, 3.8) is 0 Å². The van der Waals surface area contributed by atoms with E-state index in [1.807, 2.05) is 48.5 Å². The van der Waals surface area contributed by atoms with Gasteiger partial charge in [-0.3, -0.25) is 4.79 Å². The van der Waals surface area contributed by atoms with Crippen LogP contribution in [0.3, 0.4) is 0 Å². The van der Waals surface area contributed by atoms with Gasteiger partial charge in [0.25, 0.3) is 0 Å². The van der Waals surface area contributed by atoms with E-state index in [4.69, 9.17) is 4.74 Å². The lowest BCUT2D eigenvalue weighted by Gasteiger charge is -2.15. The molecular formula is C25H24BrNO5S. The van der Waals surface area contributed by atoms with Crippen LogP contribution < -0.4 is 10.1 Å². The number of amides is 1. The van der Waals surface area contributed by atoms with Crippen LogP contribution in [0.25, 0.3) is 11.1 Å². The van der Waals surface area contributed by atoms with E-state index < -0.39 is 6.16 Å². The van der Waals surface area contributed by atoms with Crippen molar-refractivity contribution in [2.24, 2.45) is 0 Å². The fourth-order valence-electron chi connectivity index (χ4n) is 3.06. The number of hydrogen-bond donors (Lipinski definition) is 2. The molecule has 0 bridgehead atoms. The summed E-state index contributed by atoms with van der Waals surface area (Å²) >= 11 is 4.54. The fourth-order valence-corrected chi connectivity index (χ4v) is 4.17. The molecule has 0 aliphatic rings. The molecule has 0 aromatic heterocycles. The summed E-state index contributed by atoms with van der Waals surface area (Å²) in [6.07, 6.45) is -0.893. The van der Waals surface area contributed by atoms with Crippen LogP contribution in [-0.2, 0) is 9.53 Å². The number of aromatic hydroxyl groups is 1. The number of ether oxygens (including phenoxy) is 2. The van der Waals surface area contributed by atoms with E-state index in [0.29, 0.717) is 22.1 Å². The van der Waals surface area contributed by atoms with Crippen LogP contribution in [0, 0.1) is 0 Å². The van der Waals surface area contributed by atoms with Crippen molar-refractivity contribution >= 4 is 45.4 Å². The van der Waals surface area contributed by atoms with Crippen molar-refractivity contribution in [2.45, 2.75) is 24.7 Å². The maximum Gasteiger partial charge on any atom is 0.513 e. The Morgan fingerprint density at radius 1 is 1.06 bits per heavy atom. The van der Waals surface area contributed by atoms with Gasteiger partial charge in [0.1, 0.15) is 5.75 Å². The second-order valence-corrected chi connectivity index (χ2v) is 9.43. The van der Waals surface area contributed by atoms with Crippen LogP contribution in [0.1, 0.15) is 25.3 Å². The third kappa shape index (κ3) is 6.76. The molecule has 0 aliphatic heterocycles. The lowest BCUT2D eigenvalue weighted by Crippen LogP contribution is -2.14. The number of rotatable bonds is 7. The molecule has 0 unspecified atom stereocenters. The molecule has 0 aliphatic carbocycles. The Balaban J connectivity index is 1.82. The predicted molar refractivity (Wildman–Crippen MR) is 134 cm³/mol. The Bertz CT molecular complexity index is 1130. The van der Waals surface area contributed by atoms with E-state index >= 15 is 0 Å². The van der Waals surface area contributed by atoms with Gasteiger partial charge in [0.2, 0.25) is 5.91 Å². The summed E-state index contributed by atoms with van der Waals surface area (Å²) in [5, 5.41) is 13.2. The molecule has 6 nitrogen and oxygen atoms in total. The quantitative estimate of drug-likeness (QED) is 0.198. The van der Waals surface area contributed by atoms with Crippen LogP contribution >= 0.6 is 27.7 Å². The Morgan fingerprint density at radius 3 is 2.33 bits per heavy atom. The molecule has 0 saturated carbocycles. The summed E-state index contributed by atoms with van der Waals surface area (Å²) < 4.78 is 11.0. The molecule has 0 fully saturated rings. The van der Waals surface area contributed by atoms with Crippen LogP contribution in [0.2, 0.25) is 0 Å². The van der Waals surface area contributed by atoms with Gasteiger partial charge in [-0.25, -0.2) is 4.79 Å². The van der Waals surface area contributed by atoms with Crippen molar-refractivity contribution in [2.75, 3.05) is 18.2 Å². The van der Waals surface area contributed by atoms with Gasteiger partial charge in [-0.05, 0) is 53.4 Å². The number of phenols is 1. The monoisotopic (exact) mass is 529 g/mol. The maximum absolute atomic E-state index is 12.5. The van der Waals surface area contributed by atoms with E-state index in [9.17, 15) is 14.7 Å². The molecular weight excluding hydrogens is 506 g/mol.